The lowest BCUT2D eigenvalue weighted by atomic mass is 10.2. The summed E-state index contributed by atoms with van der Waals surface area (Å²) in [6, 6.07) is 5.07. The van der Waals surface area contributed by atoms with Crippen molar-refractivity contribution < 1.29 is 9.13 Å². The molecule has 1 unspecified atom stereocenters. The lowest BCUT2D eigenvalue weighted by molar-refractivity contribution is 0.207. The molecule has 0 aliphatic heterocycles. The van der Waals surface area contributed by atoms with Gasteiger partial charge >= 0.3 is 0 Å². The number of rotatable bonds is 5. The molecule has 1 atom stereocenters. The average Bonchev–Trinajstić information content (AvgIpc) is 2.22. The molecule has 0 fully saturated rings. The molecule has 0 amide bonds. The summed E-state index contributed by atoms with van der Waals surface area (Å²) < 4.78 is 18.9. The number of nitrogens with one attached hydrogen (secondary N) is 1. The molecule has 0 aromatic heterocycles. The van der Waals surface area contributed by atoms with Gasteiger partial charge in [-0.1, -0.05) is 13.0 Å². The molecule has 0 radical (unpaired) electrons. The Balaban J connectivity index is 2.74. The van der Waals surface area contributed by atoms with Gasteiger partial charge in [-0.15, -0.1) is 0 Å². The Labute approximate surface area is 90.4 Å². The smallest absolute Gasteiger partial charge is 0.165 e. The number of benzene rings is 1. The summed E-state index contributed by atoms with van der Waals surface area (Å²) in [6.45, 7) is 4.61. The molecule has 84 valence electrons. The normalized spacial score (nSPS) is 12.5. The molecule has 1 N–H and O–H groups in total. The van der Waals surface area contributed by atoms with Crippen molar-refractivity contribution in [2.45, 2.75) is 32.9 Å². The Morgan fingerprint density at radius 2 is 2.20 bits per heavy atom. The Bertz CT molecular complexity index is 314. The molecule has 0 aliphatic rings. The summed E-state index contributed by atoms with van der Waals surface area (Å²) in [5, 5.41) is 2.98. The van der Waals surface area contributed by atoms with E-state index >= 15 is 0 Å². The predicted molar refractivity (Wildman–Crippen MR) is 59.5 cm³/mol. The molecule has 3 heteroatoms. The molecule has 1 rings (SSSR count). The van der Waals surface area contributed by atoms with Crippen LogP contribution in [0, 0.1) is 5.82 Å². The summed E-state index contributed by atoms with van der Waals surface area (Å²) in [5.74, 6) is 0.0484. The van der Waals surface area contributed by atoms with Crippen LogP contribution in [0.15, 0.2) is 18.2 Å². The molecule has 0 saturated carbocycles. The molecule has 2 nitrogen and oxygen atoms in total. The Morgan fingerprint density at radius 3 is 2.73 bits per heavy atom. The molecule has 1 aromatic carbocycles. The van der Waals surface area contributed by atoms with Crippen molar-refractivity contribution in [3.8, 4) is 5.75 Å². The van der Waals surface area contributed by atoms with Crippen molar-refractivity contribution >= 4 is 0 Å². The maximum atomic E-state index is 13.5. The second-order valence-corrected chi connectivity index (χ2v) is 3.63. The van der Waals surface area contributed by atoms with Crippen LogP contribution in [0.25, 0.3) is 0 Å². The molecule has 0 bridgehead atoms. The highest BCUT2D eigenvalue weighted by Crippen LogP contribution is 2.20. The average molecular weight is 211 g/mol. The van der Waals surface area contributed by atoms with Gasteiger partial charge in [0.05, 0.1) is 6.10 Å². The second kappa shape index (κ2) is 5.71. The minimum atomic E-state index is -0.289. The maximum Gasteiger partial charge on any atom is 0.165 e. The molecular formula is C12H18FNO. The SMILES string of the molecule is CCC(C)Oc1ccc(CNC)cc1F. The monoisotopic (exact) mass is 211 g/mol. The van der Waals surface area contributed by atoms with Gasteiger partial charge in [-0.2, -0.15) is 0 Å². The highest BCUT2D eigenvalue weighted by atomic mass is 19.1. The van der Waals surface area contributed by atoms with Crippen LogP contribution in [0.5, 0.6) is 5.75 Å². The van der Waals surface area contributed by atoms with Gasteiger partial charge in [0.2, 0.25) is 0 Å². The van der Waals surface area contributed by atoms with Crippen molar-refractivity contribution in [2.24, 2.45) is 0 Å². The standard InChI is InChI=1S/C12H18FNO/c1-4-9(2)15-12-6-5-10(8-14-3)7-11(12)13/h5-7,9,14H,4,8H2,1-3H3. The third-order valence-corrected chi connectivity index (χ3v) is 2.28. The van der Waals surface area contributed by atoms with Gasteiger partial charge in [0.15, 0.2) is 11.6 Å². The van der Waals surface area contributed by atoms with Gasteiger partial charge in [-0.3, -0.25) is 0 Å². The zero-order valence-electron chi connectivity index (χ0n) is 9.51. The number of halogens is 1. The van der Waals surface area contributed by atoms with Gasteiger partial charge in [0, 0.05) is 6.54 Å². The van der Waals surface area contributed by atoms with Crippen molar-refractivity contribution in [2.75, 3.05) is 7.05 Å². The summed E-state index contributed by atoms with van der Waals surface area (Å²) in [6.07, 6.45) is 0.923. The summed E-state index contributed by atoms with van der Waals surface area (Å²) >= 11 is 0. The van der Waals surface area contributed by atoms with Crippen LogP contribution in [-0.4, -0.2) is 13.2 Å². The summed E-state index contributed by atoms with van der Waals surface area (Å²) in [4.78, 5) is 0. The molecule has 0 heterocycles. The molecule has 1 aromatic rings. The topological polar surface area (TPSA) is 21.3 Å². The van der Waals surface area contributed by atoms with E-state index in [1.807, 2.05) is 27.0 Å². The fourth-order valence-electron chi connectivity index (χ4n) is 1.25. The van der Waals surface area contributed by atoms with Crippen LogP contribution in [-0.2, 0) is 6.54 Å². The van der Waals surface area contributed by atoms with Gasteiger partial charge in [-0.05, 0) is 38.1 Å². The van der Waals surface area contributed by atoms with E-state index in [9.17, 15) is 4.39 Å². The number of hydrogen-bond acceptors (Lipinski definition) is 2. The highest BCUT2D eigenvalue weighted by molar-refractivity contribution is 5.29. The van der Waals surface area contributed by atoms with Crippen molar-refractivity contribution in [3.63, 3.8) is 0 Å². The second-order valence-electron chi connectivity index (χ2n) is 3.63. The van der Waals surface area contributed by atoms with Gasteiger partial charge in [-0.25, -0.2) is 4.39 Å². The van der Waals surface area contributed by atoms with Gasteiger partial charge in [0.1, 0.15) is 0 Å². The zero-order chi connectivity index (χ0) is 11.3. The lowest BCUT2D eigenvalue weighted by Gasteiger charge is -2.13. The minimum Gasteiger partial charge on any atom is -0.488 e. The Morgan fingerprint density at radius 1 is 1.47 bits per heavy atom. The van der Waals surface area contributed by atoms with Crippen molar-refractivity contribution in [1.29, 1.82) is 0 Å². The first kappa shape index (κ1) is 12.0. The first-order valence-electron chi connectivity index (χ1n) is 5.27. The molecular weight excluding hydrogens is 193 g/mol. The minimum absolute atomic E-state index is 0.0506. The van der Waals surface area contributed by atoms with Crippen LogP contribution >= 0.6 is 0 Å². The Hall–Kier alpha value is -1.09. The van der Waals surface area contributed by atoms with Crippen molar-refractivity contribution in [1.82, 2.24) is 5.32 Å². The van der Waals surface area contributed by atoms with E-state index in [1.54, 1.807) is 6.07 Å². The lowest BCUT2D eigenvalue weighted by Crippen LogP contribution is -2.11. The van der Waals surface area contributed by atoms with Crippen LogP contribution in [0.1, 0.15) is 25.8 Å². The fourth-order valence-corrected chi connectivity index (χ4v) is 1.25. The highest BCUT2D eigenvalue weighted by Gasteiger charge is 2.07. The van der Waals surface area contributed by atoms with Crippen LogP contribution in [0.4, 0.5) is 4.39 Å². The first-order valence-corrected chi connectivity index (χ1v) is 5.27. The molecule has 0 aliphatic carbocycles. The number of hydrogen-bond donors (Lipinski definition) is 1. The molecule has 0 spiro atoms. The third-order valence-electron chi connectivity index (χ3n) is 2.28. The third kappa shape index (κ3) is 3.51. The molecule has 15 heavy (non-hydrogen) atoms. The van der Waals surface area contributed by atoms with E-state index in [2.05, 4.69) is 5.32 Å². The van der Waals surface area contributed by atoms with E-state index < -0.39 is 0 Å². The quantitative estimate of drug-likeness (QED) is 0.808. The van der Waals surface area contributed by atoms with E-state index in [1.165, 1.54) is 6.07 Å². The number of ether oxygens (including phenoxy) is 1. The van der Waals surface area contributed by atoms with Gasteiger partial charge < -0.3 is 10.1 Å². The van der Waals surface area contributed by atoms with Crippen LogP contribution in [0.3, 0.4) is 0 Å². The van der Waals surface area contributed by atoms with E-state index in [4.69, 9.17) is 4.74 Å². The fraction of sp³-hybridized carbons (Fsp3) is 0.500. The Kier molecular flexibility index (Phi) is 4.56. The van der Waals surface area contributed by atoms with Crippen LogP contribution < -0.4 is 10.1 Å². The molecule has 0 saturated heterocycles. The first-order chi connectivity index (χ1) is 7.17. The zero-order valence-corrected chi connectivity index (χ0v) is 9.51. The van der Waals surface area contributed by atoms with Gasteiger partial charge in [0.25, 0.3) is 0 Å². The van der Waals surface area contributed by atoms with E-state index in [-0.39, 0.29) is 11.9 Å². The summed E-state index contributed by atoms with van der Waals surface area (Å²) in [7, 11) is 1.83. The van der Waals surface area contributed by atoms with E-state index in [0.717, 1.165) is 12.0 Å². The largest absolute Gasteiger partial charge is 0.488 e. The predicted octanol–water partition coefficient (Wildman–Crippen LogP) is 2.72. The van der Waals surface area contributed by atoms with E-state index in [0.29, 0.717) is 12.3 Å². The van der Waals surface area contributed by atoms with Crippen LogP contribution in [0.2, 0.25) is 0 Å². The summed E-state index contributed by atoms with van der Waals surface area (Å²) in [5.41, 5.74) is 0.923. The maximum absolute atomic E-state index is 13.5. The van der Waals surface area contributed by atoms with Crippen molar-refractivity contribution in [3.05, 3.63) is 29.6 Å².